The Labute approximate surface area is 94.0 Å². The zero-order valence-electron chi connectivity index (χ0n) is 9.11. The second kappa shape index (κ2) is 3.99. The minimum Gasteiger partial charge on any atom is -0.383 e. The number of nitrogen functional groups attached to an aromatic ring is 1. The summed E-state index contributed by atoms with van der Waals surface area (Å²) < 4.78 is 10.9. The predicted octanol–water partition coefficient (Wildman–Crippen LogP) is 0.635. The Hall–Kier alpha value is -1.20. The third-order valence-corrected chi connectivity index (χ3v) is 3.09. The summed E-state index contributed by atoms with van der Waals surface area (Å²) in [6.45, 7) is 1.78. The Bertz CT molecular complexity index is 402. The fraction of sp³-hybridized carbons (Fsp3) is 0.636. The van der Waals surface area contributed by atoms with Crippen molar-refractivity contribution in [1.29, 1.82) is 0 Å². The van der Waals surface area contributed by atoms with Crippen LogP contribution in [0.4, 0.5) is 5.82 Å². The fourth-order valence-corrected chi connectivity index (χ4v) is 2.26. The van der Waals surface area contributed by atoms with Gasteiger partial charge in [-0.15, -0.1) is 0 Å². The molecule has 1 aromatic heterocycles. The Morgan fingerprint density at radius 1 is 1.19 bits per heavy atom. The topological polar surface area (TPSA) is 70.3 Å². The first-order chi connectivity index (χ1) is 7.84. The first-order valence-corrected chi connectivity index (χ1v) is 5.69. The Kier molecular flexibility index (Phi) is 2.49. The molecule has 0 bridgehead atoms. The summed E-state index contributed by atoms with van der Waals surface area (Å²) in [5.41, 5.74) is 8.15. The van der Waals surface area contributed by atoms with Gasteiger partial charge < -0.3 is 15.2 Å². The number of anilines is 1. The lowest BCUT2D eigenvalue weighted by Gasteiger charge is -2.22. The highest BCUT2D eigenvalue weighted by Crippen LogP contribution is 2.27. The molecular weight excluding hydrogens is 206 g/mol. The number of ether oxygens (including phenoxy) is 2. The van der Waals surface area contributed by atoms with Gasteiger partial charge in [0.25, 0.3) is 0 Å². The summed E-state index contributed by atoms with van der Waals surface area (Å²) in [4.78, 5) is 8.87. The molecule has 1 unspecified atom stereocenters. The first kappa shape index (κ1) is 9.99. The van der Waals surface area contributed by atoms with E-state index < -0.39 is 0 Å². The molecule has 1 aliphatic heterocycles. The van der Waals surface area contributed by atoms with Gasteiger partial charge in [0.05, 0.1) is 19.8 Å². The van der Waals surface area contributed by atoms with Gasteiger partial charge in [-0.2, -0.15) is 0 Å². The Morgan fingerprint density at radius 3 is 2.94 bits per heavy atom. The van der Waals surface area contributed by atoms with Crippen LogP contribution < -0.4 is 5.73 Å². The maximum Gasteiger partial charge on any atom is 0.162 e. The standard InChI is InChI=1S/C11H15N3O2/c12-10-7-2-1-3-8(7)13-11(14-10)9-6-15-4-5-16-9/h9H,1-6H2,(H2,12,13,14). The molecule has 0 spiro atoms. The average Bonchev–Trinajstić information content (AvgIpc) is 2.79. The van der Waals surface area contributed by atoms with E-state index in [2.05, 4.69) is 9.97 Å². The molecule has 1 saturated heterocycles. The fourth-order valence-electron chi connectivity index (χ4n) is 2.26. The molecule has 1 fully saturated rings. The van der Waals surface area contributed by atoms with Crippen LogP contribution in [0.15, 0.2) is 0 Å². The smallest absolute Gasteiger partial charge is 0.162 e. The summed E-state index contributed by atoms with van der Waals surface area (Å²) in [5, 5.41) is 0. The highest BCUT2D eigenvalue weighted by molar-refractivity contribution is 5.44. The van der Waals surface area contributed by atoms with Gasteiger partial charge in [0.1, 0.15) is 11.9 Å². The van der Waals surface area contributed by atoms with Crippen LogP contribution in [-0.2, 0) is 22.3 Å². The molecule has 1 aromatic rings. The minimum atomic E-state index is -0.151. The summed E-state index contributed by atoms with van der Waals surface area (Å²) >= 11 is 0. The number of hydrogen-bond acceptors (Lipinski definition) is 5. The number of nitrogens with two attached hydrogens (primary N) is 1. The maximum atomic E-state index is 5.93. The van der Waals surface area contributed by atoms with Crippen molar-refractivity contribution in [2.75, 3.05) is 25.6 Å². The lowest BCUT2D eigenvalue weighted by Crippen LogP contribution is -2.24. The van der Waals surface area contributed by atoms with Gasteiger partial charge in [-0.05, 0) is 19.3 Å². The maximum absolute atomic E-state index is 5.93. The van der Waals surface area contributed by atoms with Gasteiger partial charge in [-0.3, -0.25) is 0 Å². The SMILES string of the molecule is Nc1nc(C2COCCO2)nc2c1CCC2. The quantitative estimate of drug-likeness (QED) is 0.753. The van der Waals surface area contributed by atoms with E-state index in [0.717, 1.165) is 30.5 Å². The minimum absolute atomic E-state index is 0.151. The number of fused-ring (bicyclic) bond motifs is 1. The molecule has 0 radical (unpaired) electrons. The normalized spacial score (nSPS) is 24.4. The Balaban J connectivity index is 1.92. The third-order valence-electron chi connectivity index (χ3n) is 3.09. The second-order valence-electron chi connectivity index (χ2n) is 4.18. The summed E-state index contributed by atoms with van der Waals surface area (Å²) in [5.74, 6) is 1.30. The molecule has 0 aromatic carbocycles. The van der Waals surface area contributed by atoms with Crippen molar-refractivity contribution < 1.29 is 9.47 Å². The van der Waals surface area contributed by atoms with Crippen molar-refractivity contribution in [3.05, 3.63) is 17.1 Å². The van der Waals surface area contributed by atoms with Gasteiger partial charge in [0, 0.05) is 11.3 Å². The van der Waals surface area contributed by atoms with E-state index >= 15 is 0 Å². The lowest BCUT2D eigenvalue weighted by molar-refractivity contribution is -0.0935. The molecule has 16 heavy (non-hydrogen) atoms. The van der Waals surface area contributed by atoms with Crippen molar-refractivity contribution >= 4 is 5.82 Å². The van der Waals surface area contributed by atoms with Crippen LogP contribution in [0.3, 0.4) is 0 Å². The molecule has 5 heteroatoms. The molecule has 0 saturated carbocycles. The van der Waals surface area contributed by atoms with Gasteiger partial charge in [-0.1, -0.05) is 0 Å². The molecule has 2 heterocycles. The molecule has 2 N–H and O–H groups in total. The third kappa shape index (κ3) is 1.66. The van der Waals surface area contributed by atoms with Gasteiger partial charge in [-0.25, -0.2) is 9.97 Å². The molecule has 0 amide bonds. The largest absolute Gasteiger partial charge is 0.383 e. The highest BCUT2D eigenvalue weighted by atomic mass is 16.6. The van der Waals surface area contributed by atoms with Crippen LogP contribution in [0.2, 0.25) is 0 Å². The molecule has 86 valence electrons. The van der Waals surface area contributed by atoms with Crippen LogP contribution in [0, 0.1) is 0 Å². The van der Waals surface area contributed by atoms with Crippen molar-refractivity contribution in [2.45, 2.75) is 25.4 Å². The van der Waals surface area contributed by atoms with Crippen LogP contribution in [0.5, 0.6) is 0 Å². The van der Waals surface area contributed by atoms with E-state index in [9.17, 15) is 0 Å². The van der Waals surface area contributed by atoms with Gasteiger partial charge >= 0.3 is 0 Å². The number of aromatic nitrogens is 2. The van der Waals surface area contributed by atoms with Gasteiger partial charge in [0.15, 0.2) is 5.82 Å². The zero-order valence-corrected chi connectivity index (χ0v) is 9.11. The summed E-state index contributed by atoms with van der Waals surface area (Å²) in [6, 6.07) is 0. The van der Waals surface area contributed by atoms with Crippen LogP contribution in [0.25, 0.3) is 0 Å². The van der Waals surface area contributed by atoms with Crippen molar-refractivity contribution in [1.82, 2.24) is 9.97 Å². The summed E-state index contributed by atoms with van der Waals surface area (Å²) in [6.07, 6.45) is 2.98. The van der Waals surface area contributed by atoms with E-state index in [1.54, 1.807) is 0 Å². The first-order valence-electron chi connectivity index (χ1n) is 5.69. The Morgan fingerprint density at radius 2 is 2.12 bits per heavy atom. The van der Waals surface area contributed by atoms with Gasteiger partial charge in [0.2, 0.25) is 0 Å². The van der Waals surface area contributed by atoms with E-state index in [1.807, 2.05) is 0 Å². The highest BCUT2D eigenvalue weighted by Gasteiger charge is 2.24. The molecular formula is C11H15N3O2. The molecule has 2 aliphatic rings. The van der Waals surface area contributed by atoms with Crippen molar-refractivity contribution in [3.63, 3.8) is 0 Å². The van der Waals surface area contributed by atoms with Crippen molar-refractivity contribution in [2.24, 2.45) is 0 Å². The molecule has 1 atom stereocenters. The van der Waals surface area contributed by atoms with E-state index in [1.165, 1.54) is 0 Å². The lowest BCUT2D eigenvalue weighted by atomic mass is 10.2. The number of hydrogen-bond donors (Lipinski definition) is 1. The number of aryl methyl sites for hydroxylation is 1. The average molecular weight is 221 g/mol. The molecule has 1 aliphatic carbocycles. The zero-order chi connectivity index (χ0) is 11.0. The van der Waals surface area contributed by atoms with E-state index in [-0.39, 0.29) is 6.10 Å². The molecule has 3 rings (SSSR count). The second-order valence-corrected chi connectivity index (χ2v) is 4.18. The van der Waals surface area contributed by atoms with Crippen LogP contribution in [-0.4, -0.2) is 29.8 Å². The van der Waals surface area contributed by atoms with E-state index in [0.29, 0.717) is 31.5 Å². The van der Waals surface area contributed by atoms with Crippen LogP contribution in [0.1, 0.15) is 29.6 Å². The predicted molar refractivity (Wildman–Crippen MR) is 58.0 cm³/mol. The summed E-state index contributed by atoms with van der Waals surface area (Å²) in [7, 11) is 0. The molecule has 5 nitrogen and oxygen atoms in total. The van der Waals surface area contributed by atoms with Crippen molar-refractivity contribution in [3.8, 4) is 0 Å². The monoisotopic (exact) mass is 221 g/mol. The number of nitrogens with zero attached hydrogens (tertiary/aromatic N) is 2. The van der Waals surface area contributed by atoms with Crippen LogP contribution >= 0.6 is 0 Å². The van der Waals surface area contributed by atoms with E-state index in [4.69, 9.17) is 15.2 Å². The number of rotatable bonds is 1.